The van der Waals surface area contributed by atoms with Crippen LogP contribution < -0.4 is 10.5 Å². The summed E-state index contributed by atoms with van der Waals surface area (Å²) >= 11 is 0. The molecule has 0 unspecified atom stereocenters. The quantitative estimate of drug-likeness (QED) is 0.878. The van der Waals surface area contributed by atoms with Crippen LogP contribution in [-0.4, -0.2) is 17.8 Å². The Labute approximate surface area is 117 Å². The summed E-state index contributed by atoms with van der Waals surface area (Å²) in [5, 5.41) is 8.89. The van der Waals surface area contributed by atoms with E-state index in [-0.39, 0.29) is 6.61 Å². The molecule has 0 saturated carbocycles. The van der Waals surface area contributed by atoms with Crippen LogP contribution in [0.1, 0.15) is 12.0 Å². The van der Waals surface area contributed by atoms with Crippen molar-refractivity contribution in [1.82, 2.24) is 0 Å². The number of primary amides is 1. The zero-order valence-electron chi connectivity index (χ0n) is 11.1. The highest BCUT2D eigenvalue weighted by Gasteiger charge is 2.08. The molecule has 4 heteroatoms. The normalized spacial score (nSPS) is 10.2. The summed E-state index contributed by atoms with van der Waals surface area (Å²) in [6.45, 7) is 0.172. The Balaban J connectivity index is 2.33. The van der Waals surface area contributed by atoms with Crippen LogP contribution in [0.25, 0.3) is 11.1 Å². The van der Waals surface area contributed by atoms with E-state index in [2.05, 4.69) is 0 Å². The number of carbonyl (C=O) groups is 1. The zero-order valence-corrected chi connectivity index (χ0v) is 11.1. The number of rotatable bonds is 5. The van der Waals surface area contributed by atoms with Gasteiger partial charge in [-0.25, -0.2) is 4.79 Å². The SMILES string of the molecule is NC(=O)Oc1ccccc1-c1cccc(CCCO)c1. The lowest BCUT2D eigenvalue weighted by atomic mass is 10.0. The van der Waals surface area contributed by atoms with Gasteiger partial charge in [-0.3, -0.25) is 0 Å². The number of amides is 1. The average Bonchev–Trinajstić information content (AvgIpc) is 2.45. The predicted molar refractivity (Wildman–Crippen MR) is 77.5 cm³/mol. The highest BCUT2D eigenvalue weighted by Crippen LogP contribution is 2.30. The second-order valence-corrected chi connectivity index (χ2v) is 4.44. The number of benzene rings is 2. The van der Waals surface area contributed by atoms with Gasteiger partial charge in [0, 0.05) is 12.2 Å². The largest absolute Gasteiger partial charge is 0.410 e. The first-order valence-corrected chi connectivity index (χ1v) is 6.47. The molecule has 0 aliphatic carbocycles. The molecule has 104 valence electrons. The fourth-order valence-corrected chi connectivity index (χ4v) is 2.08. The van der Waals surface area contributed by atoms with E-state index in [1.165, 1.54) is 0 Å². The van der Waals surface area contributed by atoms with Gasteiger partial charge in [-0.1, -0.05) is 42.5 Å². The van der Waals surface area contributed by atoms with Gasteiger partial charge in [0.2, 0.25) is 0 Å². The van der Waals surface area contributed by atoms with Gasteiger partial charge in [-0.2, -0.15) is 0 Å². The molecule has 0 saturated heterocycles. The molecule has 2 aromatic rings. The second-order valence-electron chi connectivity index (χ2n) is 4.44. The summed E-state index contributed by atoms with van der Waals surface area (Å²) in [5.74, 6) is 0.444. The van der Waals surface area contributed by atoms with Crippen molar-refractivity contribution in [2.75, 3.05) is 6.61 Å². The number of ether oxygens (including phenoxy) is 1. The molecule has 1 amide bonds. The number of aliphatic hydroxyl groups excluding tert-OH is 1. The summed E-state index contributed by atoms with van der Waals surface area (Å²) in [4.78, 5) is 10.9. The Morgan fingerprint density at radius 1 is 1.15 bits per heavy atom. The maximum Gasteiger partial charge on any atom is 0.409 e. The minimum Gasteiger partial charge on any atom is -0.410 e. The Bertz CT molecular complexity index is 596. The van der Waals surface area contributed by atoms with Gasteiger partial charge < -0.3 is 15.6 Å². The summed E-state index contributed by atoms with van der Waals surface area (Å²) in [6.07, 6.45) is 0.709. The number of carbonyl (C=O) groups excluding carboxylic acids is 1. The Morgan fingerprint density at radius 2 is 1.95 bits per heavy atom. The minimum absolute atomic E-state index is 0.172. The summed E-state index contributed by atoms with van der Waals surface area (Å²) in [5.41, 5.74) is 7.98. The van der Waals surface area contributed by atoms with Crippen molar-refractivity contribution < 1.29 is 14.6 Å². The lowest BCUT2D eigenvalue weighted by Gasteiger charge is -2.10. The first-order chi connectivity index (χ1) is 9.70. The molecule has 0 aromatic heterocycles. The molecule has 2 rings (SSSR count). The van der Waals surface area contributed by atoms with E-state index in [0.717, 1.165) is 29.5 Å². The van der Waals surface area contributed by atoms with Crippen LogP contribution in [0.3, 0.4) is 0 Å². The lowest BCUT2D eigenvalue weighted by molar-refractivity contribution is 0.211. The zero-order chi connectivity index (χ0) is 14.4. The standard InChI is InChI=1S/C16H17NO3/c17-16(19)20-15-9-2-1-8-14(15)13-7-3-5-12(11-13)6-4-10-18/h1-3,5,7-9,11,18H,4,6,10H2,(H2,17,19). The molecule has 0 heterocycles. The summed E-state index contributed by atoms with van der Waals surface area (Å²) in [6, 6.07) is 15.2. The number of hydrogen-bond donors (Lipinski definition) is 2. The van der Waals surface area contributed by atoms with Gasteiger partial charge in [0.15, 0.2) is 0 Å². The van der Waals surface area contributed by atoms with Crippen molar-refractivity contribution in [3.63, 3.8) is 0 Å². The molecule has 0 bridgehead atoms. The fraction of sp³-hybridized carbons (Fsp3) is 0.188. The fourth-order valence-electron chi connectivity index (χ4n) is 2.08. The molecule has 0 fully saturated rings. The summed E-state index contributed by atoms with van der Waals surface area (Å²) < 4.78 is 5.02. The third kappa shape index (κ3) is 3.59. The number of para-hydroxylation sites is 1. The molecule has 3 N–H and O–H groups in total. The second kappa shape index (κ2) is 6.73. The van der Waals surface area contributed by atoms with E-state index in [1.54, 1.807) is 12.1 Å². The maximum absolute atomic E-state index is 10.9. The van der Waals surface area contributed by atoms with Crippen molar-refractivity contribution in [2.45, 2.75) is 12.8 Å². The van der Waals surface area contributed by atoms with E-state index < -0.39 is 6.09 Å². The van der Waals surface area contributed by atoms with Crippen LogP contribution in [0.15, 0.2) is 48.5 Å². The van der Waals surface area contributed by atoms with Gasteiger partial charge in [0.1, 0.15) is 5.75 Å². The van der Waals surface area contributed by atoms with Crippen molar-refractivity contribution in [3.8, 4) is 16.9 Å². The molecule has 0 aliphatic rings. The smallest absolute Gasteiger partial charge is 0.409 e. The van der Waals surface area contributed by atoms with E-state index >= 15 is 0 Å². The molecule has 2 aromatic carbocycles. The van der Waals surface area contributed by atoms with Crippen molar-refractivity contribution in [3.05, 3.63) is 54.1 Å². The lowest BCUT2D eigenvalue weighted by Crippen LogP contribution is -2.16. The van der Waals surface area contributed by atoms with E-state index in [9.17, 15) is 4.79 Å². The van der Waals surface area contributed by atoms with Crippen LogP contribution in [-0.2, 0) is 6.42 Å². The predicted octanol–water partition coefficient (Wildman–Crippen LogP) is 2.74. The monoisotopic (exact) mass is 271 g/mol. The molecular formula is C16H17NO3. The first-order valence-electron chi connectivity index (χ1n) is 6.47. The minimum atomic E-state index is -0.825. The van der Waals surface area contributed by atoms with Gasteiger partial charge in [-0.15, -0.1) is 0 Å². The molecule has 4 nitrogen and oxygen atoms in total. The highest BCUT2D eigenvalue weighted by atomic mass is 16.5. The molecule has 20 heavy (non-hydrogen) atoms. The topological polar surface area (TPSA) is 72.6 Å². The molecular weight excluding hydrogens is 254 g/mol. The summed E-state index contributed by atoms with van der Waals surface area (Å²) in [7, 11) is 0. The van der Waals surface area contributed by atoms with Crippen molar-refractivity contribution in [1.29, 1.82) is 0 Å². The van der Waals surface area contributed by atoms with Crippen LogP contribution in [0, 0.1) is 0 Å². The van der Waals surface area contributed by atoms with Gasteiger partial charge in [0.25, 0.3) is 0 Å². The van der Waals surface area contributed by atoms with Crippen LogP contribution in [0.2, 0.25) is 0 Å². The van der Waals surface area contributed by atoms with Crippen LogP contribution >= 0.6 is 0 Å². The Morgan fingerprint density at radius 3 is 2.70 bits per heavy atom. The van der Waals surface area contributed by atoms with Crippen molar-refractivity contribution >= 4 is 6.09 Å². The number of hydrogen-bond acceptors (Lipinski definition) is 3. The molecule has 0 radical (unpaired) electrons. The molecule has 0 spiro atoms. The number of aliphatic hydroxyl groups is 1. The van der Waals surface area contributed by atoms with Crippen LogP contribution in [0.5, 0.6) is 5.75 Å². The van der Waals surface area contributed by atoms with Gasteiger partial charge in [-0.05, 0) is 30.0 Å². The maximum atomic E-state index is 10.9. The van der Waals surface area contributed by atoms with E-state index in [1.807, 2.05) is 36.4 Å². The Kier molecular flexibility index (Phi) is 4.74. The number of nitrogens with two attached hydrogens (primary N) is 1. The highest BCUT2D eigenvalue weighted by molar-refractivity contribution is 5.76. The van der Waals surface area contributed by atoms with Gasteiger partial charge >= 0.3 is 6.09 Å². The first kappa shape index (κ1) is 14.1. The average molecular weight is 271 g/mol. The van der Waals surface area contributed by atoms with Gasteiger partial charge in [0.05, 0.1) is 0 Å². The van der Waals surface area contributed by atoms with E-state index in [4.69, 9.17) is 15.6 Å². The third-order valence-corrected chi connectivity index (χ3v) is 2.96. The van der Waals surface area contributed by atoms with E-state index in [0.29, 0.717) is 5.75 Å². The van der Waals surface area contributed by atoms with Crippen molar-refractivity contribution in [2.24, 2.45) is 5.73 Å². The molecule has 0 aliphatic heterocycles. The Hall–Kier alpha value is -2.33. The number of aryl methyl sites for hydroxylation is 1. The van der Waals surface area contributed by atoms with Crippen LogP contribution in [0.4, 0.5) is 4.79 Å². The third-order valence-electron chi connectivity index (χ3n) is 2.96. The molecule has 0 atom stereocenters.